The molecule has 3 rings (SSSR count). The van der Waals surface area contributed by atoms with Crippen molar-refractivity contribution >= 4 is 27.0 Å². The van der Waals surface area contributed by atoms with E-state index >= 15 is 0 Å². The van der Waals surface area contributed by atoms with Crippen molar-refractivity contribution in [1.29, 1.82) is 0 Å². The summed E-state index contributed by atoms with van der Waals surface area (Å²) in [5.41, 5.74) is 0.984. The predicted molar refractivity (Wildman–Crippen MR) is 103 cm³/mol. The number of anilines is 1. The van der Waals surface area contributed by atoms with Gasteiger partial charge in [-0.2, -0.15) is 4.98 Å². The predicted octanol–water partition coefficient (Wildman–Crippen LogP) is 0.701. The summed E-state index contributed by atoms with van der Waals surface area (Å²) in [6.07, 6.45) is 4.28. The molecule has 2 aromatic heterocycles. The van der Waals surface area contributed by atoms with Gasteiger partial charge in [0.2, 0.25) is 16.0 Å². The minimum Gasteiger partial charge on any atom is -0.377 e. The molecular weight excluding hydrogens is 370 g/mol. The normalized spacial score (nSPS) is 16.7. The van der Waals surface area contributed by atoms with Crippen LogP contribution in [0.25, 0.3) is 11.0 Å². The second kappa shape index (κ2) is 7.91. The average molecular weight is 395 g/mol. The Hall–Kier alpha value is -2.04. The zero-order valence-electron chi connectivity index (χ0n) is 15.8. The number of fused-ring (bicyclic) bond motifs is 1. The van der Waals surface area contributed by atoms with Crippen LogP contribution in [0.4, 0.5) is 5.95 Å². The fraction of sp³-hybridized carbons (Fsp3) is 0.588. The van der Waals surface area contributed by atoms with Crippen LogP contribution in [-0.2, 0) is 28.4 Å². The van der Waals surface area contributed by atoms with Gasteiger partial charge in [-0.25, -0.2) is 17.7 Å². The van der Waals surface area contributed by atoms with Crippen LogP contribution in [0.3, 0.4) is 0 Å². The van der Waals surface area contributed by atoms with Crippen LogP contribution in [0.2, 0.25) is 0 Å². The van der Waals surface area contributed by atoms with E-state index in [1.54, 1.807) is 19.3 Å². The number of nitrogens with one attached hydrogen (secondary N) is 1. The van der Waals surface area contributed by atoms with E-state index in [0.29, 0.717) is 49.7 Å². The van der Waals surface area contributed by atoms with Crippen LogP contribution in [-0.4, -0.2) is 59.3 Å². The Morgan fingerprint density at radius 1 is 1.33 bits per heavy atom. The van der Waals surface area contributed by atoms with E-state index in [-0.39, 0.29) is 18.2 Å². The SMILES string of the molecule is CCOCc1cc2cnc(NC3CCN(S(C)(=O)=O)CC3)nc2n(C)c1=O. The van der Waals surface area contributed by atoms with Crippen LogP contribution in [0.5, 0.6) is 0 Å². The molecule has 0 saturated carbocycles. The summed E-state index contributed by atoms with van der Waals surface area (Å²) in [6, 6.07) is 1.86. The van der Waals surface area contributed by atoms with Gasteiger partial charge in [-0.1, -0.05) is 0 Å². The number of hydrogen-bond donors (Lipinski definition) is 1. The van der Waals surface area contributed by atoms with Crippen LogP contribution in [0, 0.1) is 0 Å². The molecule has 27 heavy (non-hydrogen) atoms. The molecule has 1 aliphatic heterocycles. The molecule has 0 bridgehead atoms. The summed E-state index contributed by atoms with van der Waals surface area (Å²) >= 11 is 0. The topological polar surface area (TPSA) is 106 Å². The summed E-state index contributed by atoms with van der Waals surface area (Å²) in [6.45, 7) is 3.64. The molecule has 148 valence electrons. The maximum atomic E-state index is 12.5. The first-order valence-electron chi connectivity index (χ1n) is 8.94. The number of ether oxygens (including phenoxy) is 1. The zero-order valence-corrected chi connectivity index (χ0v) is 16.6. The van der Waals surface area contributed by atoms with E-state index in [1.165, 1.54) is 15.1 Å². The second-order valence-corrected chi connectivity index (χ2v) is 8.71. The van der Waals surface area contributed by atoms with E-state index in [4.69, 9.17) is 4.74 Å². The van der Waals surface area contributed by atoms with Crippen molar-refractivity contribution in [3.05, 3.63) is 28.2 Å². The van der Waals surface area contributed by atoms with E-state index in [0.717, 1.165) is 5.39 Å². The van der Waals surface area contributed by atoms with Gasteiger partial charge in [0.15, 0.2) is 0 Å². The maximum absolute atomic E-state index is 12.5. The smallest absolute Gasteiger partial charge is 0.257 e. The van der Waals surface area contributed by atoms with Gasteiger partial charge in [0.05, 0.1) is 12.9 Å². The Morgan fingerprint density at radius 3 is 2.67 bits per heavy atom. The minimum absolute atomic E-state index is 0.0923. The van der Waals surface area contributed by atoms with Crippen molar-refractivity contribution < 1.29 is 13.2 Å². The first kappa shape index (κ1) is 19.7. The van der Waals surface area contributed by atoms with Crippen LogP contribution < -0.4 is 10.9 Å². The number of sulfonamides is 1. The van der Waals surface area contributed by atoms with E-state index in [2.05, 4.69) is 15.3 Å². The first-order chi connectivity index (χ1) is 12.8. The minimum atomic E-state index is -3.15. The summed E-state index contributed by atoms with van der Waals surface area (Å²) < 4.78 is 31.5. The van der Waals surface area contributed by atoms with Gasteiger partial charge in [0.25, 0.3) is 5.56 Å². The molecule has 0 aliphatic carbocycles. The fourth-order valence-electron chi connectivity index (χ4n) is 3.21. The van der Waals surface area contributed by atoms with E-state index in [1.807, 2.05) is 6.92 Å². The number of nitrogens with zero attached hydrogens (tertiary/aromatic N) is 4. The van der Waals surface area contributed by atoms with E-state index in [9.17, 15) is 13.2 Å². The quantitative estimate of drug-likeness (QED) is 0.767. The lowest BCUT2D eigenvalue weighted by molar-refractivity contribution is 0.133. The number of pyridine rings is 1. The lowest BCUT2D eigenvalue weighted by Crippen LogP contribution is -2.42. The molecule has 3 heterocycles. The van der Waals surface area contributed by atoms with E-state index < -0.39 is 10.0 Å². The molecule has 1 aliphatic rings. The van der Waals surface area contributed by atoms with Gasteiger partial charge < -0.3 is 10.1 Å². The Bertz CT molecular complexity index is 981. The second-order valence-electron chi connectivity index (χ2n) is 6.72. The molecule has 0 amide bonds. The molecule has 1 fully saturated rings. The number of piperidine rings is 1. The summed E-state index contributed by atoms with van der Waals surface area (Å²) in [5, 5.41) is 4.02. The standard InChI is InChI=1S/C17H25N5O4S/c1-4-26-11-13-9-12-10-18-17(20-15(12)21(2)16(13)23)19-14-5-7-22(8-6-14)27(3,24)25/h9-10,14H,4-8,11H2,1-3H3,(H,18,19,20). The van der Waals surface area contributed by atoms with Gasteiger partial charge in [0.1, 0.15) is 5.65 Å². The Balaban J connectivity index is 1.77. The van der Waals surface area contributed by atoms with Gasteiger partial charge in [0, 0.05) is 49.9 Å². The third-order valence-corrected chi connectivity index (χ3v) is 6.04. The summed E-state index contributed by atoms with van der Waals surface area (Å²) in [4.78, 5) is 21.3. The monoisotopic (exact) mass is 395 g/mol. The lowest BCUT2D eigenvalue weighted by Gasteiger charge is -2.30. The van der Waals surface area contributed by atoms with Gasteiger partial charge >= 0.3 is 0 Å². The molecule has 9 nitrogen and oxygen atoms in total. The highest BCUT2D eigenvalue weighted by Crippen LogP contribution is 2.18. The Kier molecular flexibility index (Phi) is 5.78. The van der Waals surface area contributed by atoms with Crippen LogP contribution >= 0.6 is 0 Å². The molecule has 1 saturated heterocycles. The zero-order chi connectivity index (χ0) is 19.6. The molecule has 0 radical (unpaired) electrons. The number of aromatic nitrogens is 3. The van der Waals surface area contributed by atoms with Crippen LogP contribution in [0.1, 0.15) is 25.3 Å². The molecule has 1 N–H and O–H groups in total. The molecular formula is C17H25N5O4S. The molecule has 2 aromatic rings. The molecule has 0 spiro atoms. The van der Waals surface area contributed by atoms with Gasteiger partial charge in [-0.3, -0.25) is 9.36 Å². The van der Waals surface area contributed by atoms with Crippen LogP contribution in [0.15, 0.2) is 17.1 Å². The Labute approximate surface area is 158 Å². The third kappa shape index (κ3) is 4.45. The van der Waals surface area contributed by atoms with Crippen molar-refractivity contribution in [2.75, 3.05) is 31.3 Å². The maximum Gasteiger partial charge on any atom is 0.257 e. The number of aryl methyl sites for hydroxylation is 1. The number of rotatable bonds is 6. The Morgan fingerprint density at radius 2 is 2.04 bits per heavy atom. The average Bonchev–Trinajstić information content (AvgIpc) is 2.63. The third-order valence-electron chi connectivity index (χ3n) is 4.74. The fourth-order valence-corrected chi connectivity index (χ4v) is 4.09. The van der Waals surface area contributed by atoms with Gasteiger partial charge in [-0.15, -0.1) is 0 Å². The van der Waals surface area contributed by atoms with Crippen molar-refractivity contribution in [2.24, 2.45) is 7.05 Å². The van der Waals surface area contributed by atoms with Crippen molar-refractivity contribution in [3.8, 4) is 0 Å². The van der Waals surface area contributed by atoms with Gasteiger partial charge in [-0.05, 0) is 25.8 Å². The molecule has 0 aromatic carbocycles. The number of hydrogen-bond acceptors (Lipinski definition) is 7. The molecule has 0 unspecified atom stereocenters. The molecule has 10 heteroatoms. The summed E-state index contributed by atoms with van der Waals surface area (Å²) in [5.74, 6) is 0.438. The van der Waals surface area contributed by atoms with Crippen molar-refractivity contribution in [1.82, 2.24) is 18.8 Å². The highest BCUT2D eigenvalue weighted by molar-refractivity contribution is 7.88. The summed E-state index contributed by atoms with van der Waals surface area (Å²) in [7, 11) is -1.46. The lowest BCUT2D eigenvalue weighted by atomic mass is 10.1. The first-order valence-corrected chi connectivity index (χ1v) is 10.8. The van der Waals surface area contributed by atoms with Crippen molar-refractivity contribution in [3.63, 3.8) is 0 Å². The van der Waals surface area contributed by atoms with Crippen molar-refractivity contribution in [2.45, 2.75) is 32.4 Å². The highest BCUT2D eigenvalue weighted by Gasteiger charge is 2.25. The largest absolute Gasteiger partial charge is 0.377 e. The highest BCUT2D eigenvalue weighted by atomic mass is 32.2. The molecule has 0 atom stereocenters.